The predicted molar refractivity (Wildman–Crippen MR) is 70.2 cm³/mol. The van der Waals surface area contributed by atoms with Gasteiger partial charge in [0.05, 0.1) is 5.39 Å². The molecule has 1 fully saturated rings. The zero-order chi connectivity index (χ0) is 12.5. The Kier molecular flexibility index (Phi) is 2.70. The Labute approximate surface area is 104 Å². The summed E-state index contributed by atoms with van der Waals surface area (Å²) in [6, 6.07) is 6.13. The molecule has 1 aromatic carbocycles. The molecule has 3 rings (SSSR count). The molecule has 0 radical (unpaired) electrons. The normalized spacial score (nSPS) is 16.1. The van der Waals surface area contributed by atoms with E-state index in [9.17, 15) is 9.90 Å². The summed E-state index contributed by atoms with van der Waals surface area (Å²) < 4.78 is 5.73. The minimum absolute atomic E-state index is 0.0585. The van der Waals surface area contributed by atoms with Gasteiger partial charge in [-0.25, -0.2) is 0 Å². The van der Waals surface area contributed by atoms with E-state index in [0.29, 0.717) is 16.9 Å². The highest BCUT2D eigenvalue weighted by atomic mass is 16.4. The minimum atomic E-state index is -0.0585. The number of hydrogen-bond donors (Lipinski definition) is 1. The summed E-state index contributed by atoms with van der Waals surface area (Å²) >= 11 is 0. The summed E-state index contributed by atoms with van der Waals surface area (Å²) in [6.45, 7) is 1.85. The molecule has 0 unspecified atom stereocenters. The fourth-order valence-corrected chi connectivity index (χ4v) is 2.40. The fraction of sp³-hybridized carbons (Fsp3) is 0.357. The van der Waals surface area contributed by atoms with Crippen LogP contribution in [0.25, 0.3) is 11.0 Å². The second-order valence-corrected chi connectivity index (χ2v) is 4.68. The van der Waals surface area contributed by atoms with E-state index in [1.54, 1.807) is 12.1 Å². The molecule has 0 amide bonds. The van der Waals surface area contributed by atoms with E-state index in [-0.39, 0.29) is 11.2 Å². The lowest BCUT2D eigenvalue weighted by Gasteiger charge is -2.27. The lowest BCUT2D eigenvalue weighted by atomic mass is 10.1. The van der Waals surface area contributed by atoms with Crippen molar-refractivity contribution in [2.45, 2.75) is 19.3 Å². The molecule has 1 aromatic heterocycles. The Hall–Kier alpha value is -1.97. The van der Waals surface area contributed by atoms with Crippen molar-refractivity contribution in [3.8, 4) is 5.75 Å². The van der Waals surface area contributed by atoms with Crippen LogP contribution in [-0.4, -0.2) is 18.2 Å². The molecule has 0 spiro atoms. The fourth-order valence-electron chi connectivity index (χ4n) is 2.40. The van der Waals surface area contributed by atoms with Gasteiger partial charge in [-0.1, -0.05) is 0 Å². The van der Waals surface area contributed by atoms with Crippen LogP contribution >= 0.6 is 0 Å². The van der Waals surface area contributed by atoms with E-state index >= 15 is 0 Å². The van der Waals surface area contributed by atoms with Crippen molar-refractivity contribution in [3.05, 3.63) is 34.5 Å². The van der Waals surface area contributed by atoms with Gasteiger partial charge in [0.25, 0.3) is 0 Å². The number of anilines is 1. The SMILES string of the molecule is O=c1cc(N2CCCCC2)oc2cc(O)ccc12. The average Bonchev–Trinajstić information content (AvgIpc) is 2.39. The van der Waals surface area contributed by atoms with Crippen molar-refractivity contribution in [1.82, 2.24) is 0 Å². The molecule has 1 N–H and O–H groups in total. The molecule has 4 heteroatoms. The van der Waals surface area contributed by atoms with Crippen LogP contribution in [0, 0.1) is 0 Å². The van der Waals surface area contributed by atoms with E-state index in [2.05, 4.69) is 4.90 Å². The van der Waals surface area contributed by atoms with Gasteiger partial charge < -0.3 is 14.4 Å². The highest BCUT2D eigenvalue weighted by Crippen LogP contribution is 2.24. The number of piperidine rings is 1. The number of aromatic hydroxyl groups is 1. The maximum Gasteiger partial charge on any atom is 0.199 e. The summed E-state index contributed by atoms with van der Waals surface area (Å²) in [6.07, 6.45) is 3.48. The molecule has 0 saturated carbocycles. The van der Waals surface area contributed by atoms with Gasteiger partial charge in [-0.05, 0) is 31.4 Å². The average molecular weight is 245 g/mol. The maximum absolute atomic E-state index is 12.0. The molecule has 18 heavy (non-hydrogen) atoms. The topological polar surface area (TPSA) is 53.7 Å². The maximum atomic E-state index is 12.0. The van der Waals surface area contributed by atoms with E-state index in [4.69, 9.17) is 4.42 Å². The summed E-state index contributed by atoms with van der Waals surface area (Å²) in [4.78, 5) is 14.1. The lowest BCUT2D eigenvalue weighted by molar-refractivity contribution is 0.472. The predicted octanol–water partition coefficient (Wildman–Crippen LogP) is 2.49. The molecular formula is C14H15NO3. The van der Waals surface area contributed by atoms with Crippen LogP contribution in [0.5, 0.6) is 5.75 Å². The summed E-state index contributed by atoms with van der Waals surface area (Å²) in [5.74, 6) is 0.722. The molecule has 2 heterocycles. The molecule has 1 saturated heterocycles. The standard InChI is InChI=1S/C14H15NO3/c16-10-4-5-11-12(17)9-14(18-13(11)8-10)15-6-2-1-3-7-15/h4-5,8-9,16H,1-3,6-7H2. The largest absolute Gasteiger partial charge is 0.508 e. The Morgan fingerprint density at radius 2 is 1.89 bits per heavy atom. The second-order valence-electron chi connectivity index (χ2n) is 4.68. The molecule has 94 valence electrons. The number of phenolic OH excluding ortho intramolecular Hbond substituents is 1. The Morgan fingerprint density at radius 1 is 1.11 bits per heavy atom. The first-order chi connectivity index (χ1) is 8.74. The van der Waals surface area contributed by atoms with Crippen molar-refractivity contribution in [1.29, 1.82) is 0 Å². The number of fused-ring (bicyclic) bond motifs is 1. The first-order valence-electron chi connectivity index (χ1n) is 6.26. The van der Waals surface area contributed by atoms with Crippen LogP contribution in [0.1, 0.15) is 19.3 Å². The van der Waals surface area contributed by atoms with Crippen molar-refractivity contribution in [3.63, 3.8) is 0 Å². The minimum Gasteiger partial charge on any atom is -0.508 e. The van der Waals surface area contributed by atoms with Gasteiger partial charge in [0.15, 0.2) is 11.3 Å². The van der Waals surface area contributed by atoms with Crippen molar-refractivity contribution in [2.24, 2.45) is 0 Å². The third-order valence-corrected chi connectivity index (χ3v) is 3.37. The molecule has 2 aromatic rings. The van der Waals surface area contributed by atoms with Crippen molar-refractivity contribution in [2.75, 3.05) is 18.0 Å². The smallest absolute Gasteiger partial charge is 0.199 e. The molecule has 0 aliphatic carbocycles. The van der Waals surface area contributed by atoms with E-state index < -0.39 is 0 Å². The van der Waals surface area contributed by atoms with Gasteiger partial charge in [0, 0.05) is 25.2 Å². The van der Waals surface area contributed by atoms with Gasteiger partial charge >= 0.3 is 0 Å². The first-order valence-corrected chi connectivity index (χ1v) is 6.26. The van der Waals surface area contributed by atoms with Crippen LogP contribution in [0.15, 0.2) is 33.5 Å². The Bertz CT molecular complexity index is 626. The Balaban J connectivity index is 2.10. The van der Waals surface area contributed by atoms with Crippen LogP contribution < -0.4 is 10.3 Å². The van der Waals surface area contributed by atoms with Crippen molar-refractivity contribution < 1.29 is 9.52 Å². The van der Waals surface area contributed by atoms with E-state index in [0.717, 1.165) is 25.9 Å². The van der Waals surface area contributed by atoms with Gasteiger partial charge in [-0.3, -0.25) is 4.79 Å². The van der Waals surface area contributed by atoms with Crippen LogP contribution in [0.3, 0.4) is 0 Å². The van der Waals surface area contributed by atoms with Gasteiger partial charge in [0.2, 0.25) is 0 Å². The van der Waals surface area contributed by atoms with Crippen LogP contribution in [0.4, 0.5) is 5.88 Å². The number of benzene rings is 1. The molecule has 0 atom stereocenters. The third-order valence-electron chi connectivity index (χ3n) is 3.37. The summed E-state index contributed by atoms with van der Waals surface area (Å²) in [7, 11) is 0. The van der Waals surface area contributed by atoms with Gasteiger partial charge in [-0.15, -0.1) is 0 Å². The molecule has 0 bridgehead atoms. The summed E-state index contributed by atoms with van der Waals surface area (Å²) in [5, 5.41) is 9.95. The lowest BCUT2D eigenvalue weighted by Crippen LogP contribution is -2.30. The Morgan fingerprint density at radius 3 is 2.67 bits per heavy atom. The molecule has 4 nitrogen and oxygen atoms in total. The summed E-state index contributed by atoms with van der Waals surface area (Å²) in [5.41, 5.74) is 0.389. The molecule has 1 aliphatic heterocycles. The zero-order valence-corrected chi connectivity index (χ0v) is 10.1. The quantitative estimate of drug-likeness (QED) is 0.838. The highest BCUT2D eigenvalue weighted by molar-refractivity contribution is 5.79. The van der Waals surface area contributed by atoms with E-state index in [1.165, 1.54) is 18.6 Å². The van der Waals surface area contributed by atoms with Gasteiger partial charge in [-0.2, -0.15) is 0 Å². The van der Waals surface area contributed by atoms with Gasteiger partial charge in [0.1, 0.15) is 11.3 Å². The molecule has 1 aliphatic rings. The monoisotopic (exact) mass is 245 g/mol. The van der Waals surface area contributed by atoms with Crippen LogP contribution in [0.2, 0.25) is 0 Å². The zero-order valence-electron chi connectivity index (χ0n) is 10.1. The third kappa shape index (κ3) is 1.94. The number of nitrogens with zero attached hydrogens (tertiary/aromatic N) is 1. The second kappa shape index (κ2) is 4.37. The number of rotatable bonds is 1. The number of hydrogen-bond acceptors (Lipinski definition) is 4. The van der Waals surface area contributed by atoms with Crippen molar-refractivity contribution >= 4 is 16.9 Å². The molecular weight excluding hydrogens is 230 g/mol. The first kappa shape index (κ1) is 11.1. The highest BCUT2D eigenvalue weighted by Gasteiger charge is 2.15. The van der Waals surface area contributed by atoms with E-state index in [1.807, 2.05) is 0 Å². The number of phenols is 1. The van der Waals surface area contributed by atoms with Crippen LogP contribution in [-0.2, 0) is 0 Å².